The quantitative estimate of drug-likeness (QED) is 0.289. The zero-order chi connectivity index (χ0) is 20.8. The van der Waals surface area contributed by atoms with Gasteiger partial charge in [0.2, 0.25) is 5.13 Å². The van der Waals surface area contributed by atoms with Crippen molar-refractivity contribution in [1.82, 2.24) is 4.98 Å². The number of rotatable bonds is 7. The highest BCUT2D eigenvalue weighted by atomic mass is 32.1. The molecule has 0 bridgehead atoms. The maximum atomic E-state index is 13.7. The monoisotopic (exact) mass is 421 g/mol. The van der Waals surface area contributed by atoms with Crippen LogP contribution in [0.1, 0.15) is 11.1 Å². The van der Waals surface area contributed by atoms with Crippen LogP contribution in [-0.2, 0) is 6.61 Å². The molecular weight excluding hydrogens is 404 g/mol. The van der Waals surface area contributed by atoms with E-state index in [0.29, 0.717) is 5.13 Å². The molecule has 0 atom stereocenters. The normalized spacial score (nSPS) is 11.0. The van der Waals surface area contributed by atoms with E-state index in [-0.39, 0.29) is 12.4 Å². The molecule has 0 radical (unpaired) electrons. The lowest BCUT2D eigenvalue weighted by Gasteiger charge is -2.07. The van der Waals surface area contributed by atoms with Gasteiger partial charge in [-0.05, 0) is 29.3 Å². The van der Waals surface area contributed by atoms with E-state index in [2.05, 4.69) is 15.5 Å². The molecule has 4 aromatic rings. The fourth-order valence-corrected chi connectivity index (χ4v) is 3.41. The summed E-state index contributed by atoms with van der Waals surface area (Å²) in [6.07, 6.45) is 1.67. The molecular formula is C23H17F2N3OS. The van der Waals surface area contributed by atoms with E-state index >= 15 is 0 Å². The average molecular weight is 421 g/mol. The fourth-order valence-electron chi connectivity index (χ4n) is 2.75. The summed E-state index contributed by atoms with van der Waals surface area (Å²) in [5, 5.41) is 6.90. The summed E-state index contributed by atoms with van der Waals surface area (Å²) in [5.41, 5.74) is 6.57. The highest BCUT2D eigenvalue weighted by Crippen LogP contribution is 2.24. The summed E-state index contributed by atoms with van der Waals surface area (Å²) >= 11 is 1.47. The summed E-state index contributed by atoms with van der Waals surface area (Å²) in [6.45, 7) is 0.157. The van der Waals surface area contributed by atoms with Gasteiger partial charge in [-0.3, -0.25) is 5.43 Å². The van der Waals surface area contributed by atoms with Gasteiger partial charge >= 0.3 is 0 Å². The van der Waals surface area contributed by atoms with Crippen molar-refractivity contribution >= 4 is 22.7 Å². The van der Waals surface area contributed by atoms with Gasteiger partial charge in [-0.1, -0.05) is 48.5 Å². The van der Waals surface area contributed by atoms with Crippen LogP contribution in [-0.4, -0.2) is 11.2 Å². The van der Waals surface area contributed by atoms with E-state index < -0.39 is 11.6 Å². The highest BCUT2D eigenvalue weighted by molar-refractivity contribution is 7.14. The van der Waals surface area contributed by atoms with Crippen molar-refractivity contribution in [3.63, 3.8) is 0 Å². The first kappa shape index (κ1) is 19.7. The molecule has 1 heterocycles. The van der Waals surface area contributed by atoms with Crippen LogP contribution in [0.2, 0.25) is 0 Å². The number of hydrogen-bond acceptors (Lipinski definition) is 5. The molecule has 0 aliphatic heterocycles. The molecule has 30 heavy (non-hydrogen) atoms. The van der Waals surface area contributed by atoms with Gasteiger partial charge in [-0.25, -0.2) is 13.8 Å². The lowest BCUT2D eigenvalue weighted by Crippen LogP contribution is -1.99. The van der Waals surface area contributed by atoms with Crippen molar-refractivity contribution in [2.75, 3.05) is 5.43 Å². The van der Waals surface area contributed by atoms with E-state index in [0.717, 1.165) is 34.5 Å². The van der Waals surface area contributed by atoms with Crippen LogP contribution in [0.3, 0.4) is 0 Å². The Morgan fingerprint density at radius 2 is 1.87 bits per heavy atom. The van der Waals surface area contributed by atoms with Crippen LogP contribution >= 0.6 is 11.3 Å². The number of thiazole rings is 1. The number of nitrogens with zero attached hydrogens (tertiary/aromatic N) is 2. The number of halogens is 2. The standard InChI is InChI=1S/C23H17F2N3OS/c24-19-9-10-22(20(25)12-19)29-14-17-6-4-5-16(11-17)13-26-28-23-27-21(15-30-23)18-7-2-1-3-8-18/h1-13,15H,14H2,(H,27,28). The Balaban J connectivity index is 1.36. The number of anilines is 1. The molecule has 0 amide bonds. The summed E-state index contributed by atoms with van der Waals surface area (Å²) in [5.74, 6) is -1.35. The van der Waals surface area contributed by atoms with Crippen LogP contribution in [0.15, 0.2) is 83.3 Å². The summed E-state index contributed by atoms with van der Waals surface area (Å²) in [6, 6.07) is 20.7. The first-order chi connectivity index (χ1) is 14.7. The molecule has 1 N–H and O–H groups in total. The Labute approximate surface area is 176 Å². The number of nitrogens with one attached hydrogen (secondary N) is 1. The van der Waals surface area contributed by atoms with E-state index in [4.69, 9.17) is 4.74 Å². The fraction of sp³-hybridized carbons (Fsp3) is 0.0435. The lowest BCUT2D eigenvalue weighted by atomic mass is 10.1. The van der Waals surface area contributed by atoms with E-state index in [1.807, 2.05) is 60.0 Å². The molecule has 0 saturated heterocycles. The molecule has 0 spiro atoms. The molecule has 4 nitrogen and oxygen atoms in total. The summed E-state index contributed by atoms with van der Waals surface area (Å²) < 4.78 is 32.1. The molecule has 4 rings (SSSR count). The second kappa shape index (κ2) is 9.28. The third-order valence-corrected chi connectivity index (χ3v) is 4.93. The molecule has 0 aliphatic rings. The molecule has 150 valence electrons. The van der Waals surface area contributed by atoms with Crippen molar-refractivity contribution in [2.24, 2.45) is 5.10 Å². The minimum atomic E-state index is -0.727. The van der Waals surface area contributed by atoms with Crippen molar-refractivity contribution in [3.05, 3.63) is 101 Å². The first-order valence-corrected chi connectivity index (χ1v) is 10.0. The number of hydrazone groups is 1. The van der Waals surface area contributed by atoms with Gasteiger partial charge in [0, 0.05) is 17.0 Å². The van der Waals surface area contributed by atoms with Gasteiger partial charge in [-0.15, -0.1) is 11.3 Å². The largest absolute Gasteiger partial charge is 0.486 e. The van der Waals surface area contributed by atoms with Gasteiger partial charge in [-0.2, -0.15) is 5.10 Å². The highest BCUT2D eigenvalue weighted by Gasteiger charge is 2.06. The van der Waals surface area contributed by atoms with E-state index in [1.54, 1.807) is 6.21 Å². The van der Waals surface area contributed by atoms with E-state index in [9.17, 15) is 8.78 Å². The minimum Gasteiger partial charge on any atom is -0.486 e. The van der Waals surface area contributed by atoms with Gasteiger partial charge in [0.05, 0.1) is 11.9 Å². The number of benzene rings is 3. The average Bonchev–Trinajstić information content (AvgIpc) is 3.23. The van der Waals surface area contributed by atoms with Gasteiger partial charge in [0.1, 0.15) is 12.4 Å². The first-order valence-electron chi connectivity index (χ1n) is 9.14. The number of ether oxygens (including phenoxy) is 1. The number of aromatic nitrogens is 1. The molecule has 0 fully saturated rings. The zero-order valence-electron chi connectivity index (χ0n) is 15.8. The molecule has 7 heteroatoms. The van der Waals surface area contributed by atoms with Crippen LogP contribution in [0, 0.1) is 11.6 Å². The molecule has 3 aromatic carbocycles. The maximum absolute atomic E-state index is 13.7. The smallest absolute Gasteiger partial charge is 0.203 e. The van der Waals surface area contributed by atoms with Gasteiger partial charge in [0.25, 0.3) is 0 Å². The molecule has 0 aliphatic carbocycles. The Morgan fingerprint density at radius 3 is 2.70 bits per heavy atom. The topological polar surface area (TPSA) is 46.5 Å². The van der Waals surface area contributed by atoms with Crippen LogP contribution in [0.25, 0.3) is 11.3 Å². The van der Waals surface area contributed by atoms with Crippen LogP contribution in [0.4, 0.5) is 13.9 Å². The number of hydrogen-bond donors (Lipinski definition) is 1. The Hall–Kier alpha value is -3.58. The minimum absolute atomic E-state index is 0.00938. The third kappa shape index (κ3) is 5.07. The van der Waals surface area contributed by atoms with Crippen molar-refractivity contribution in [1.29, 1.82) is 0 Å². The Bertz CT molecular complexity index is 1160. The summed E-state index contributed by atoms with van der Waals surface area (Å²) in [7, 11) is 0. The molecule has 0 saturated carbocycles. The second-order valence-corrected chi connectivity index (χ2v) is 7.24. The van der Waals surface area contributed by atoms with E-state index in [1.165, 1.54) is 17.4 Å². The van der Waals surface area contributed by atoms with Crippen LogP contribution in [0.5, 0.6) is 5.75 Å². The van der Waals surface area contributed by atoms with Crippen LogP contribution < -0.4 is 10.2 Å². The predicted molar refractivity (Wildman–Crippen MR) is 116 cm³/mol. The lowest BCUT2D eigenvalue weighted by molar-refractivity contribution is 0.289. The van der Waals surface area contributed by atoms with Crippen molar-refractivity contribution < 1.29 is 13.5 Å². The predicted octanol–water partition coefficient (Wildman–Crippen LogP) is 6.11. The van der Waals surface area contributed by atoms with Crippen molar-refractivity contribution in [2.45, 2.75) is 6.61 Å². The Morgan fingerprint density at radius 1 is 1.00 bits per heavy atom. The molecule has 0 unspecified atom stereocenters. The van der Waals surface area contributed by atoms with Crippen molar-refractivity contribution in [3.8, 4) is 17.0 Å². The molecule has 1 aromatic heterocycles. The summed E-state index contributed by atoms with van der Waals surface area (Å²) in [4.78, 5) is 4.52. The van der Waals surface area contributed by atoms with Gasteiger partial charge in [0.15, 0.2) is 11.6 Å². The SMILES string of the molecule is Fc1ccc(OCc2cccc(C=NNc3nc(-c4ccccc4)cs3)c2)c(F)c1. The zero-order valence-corrected chi connectivity index (χ0v) is 16.6. The maximum Gasteiger partial charge on any atom is 0.203 e. The third-order valence-electron chi connectivity index (χ3n) is 4.19. The van der Waals surface area contributed by atoms with Gasteiger partial charge < -0.3 is 4.74 Å². The Kier molecular flexibility index (Phi) is 6.10. The second-order valence-electron chi connectivity index (χ2n) is 6.38.